The zero-order valence-electron chi connectivity index (χ0n) is 25.8. The van der Waals surface area contributed by atoms with Crippen molar-refractivity contribution in [1.29, 1.82) is 0 Å². The molecule has 0 aromatic heterocycles. The minimum Gasteiger partial charge on any atom is -0.507 e. The van der Waals surface area contributed by atoms with Gasteiger partial charge in [-0.3, -0.25) is 9.59 Å². The number of carbonyl (C=O) groups is 2. The van der Waals surface area contributed by atoms with Crippen molar-refractivity contribution in [2.45, 2.75) is 67.2 Å². The Bertz CT molecular complexity index is 1610. The minimum atomic E-state index is -0.661. The molecule has 0 spiro atoms. The van der Waals surface area contributed by atoms with Crippen LogP contribution in [0.5, 0.6) is 34.5 Å². The SMILES string of the molecule is CCOCC.Cc1cc2c(C(C)C)c(O)c(O)c(C=O)c2c(O)c1-c1c(C)cc2c(C(C)C)c(O)c(O)c(C=O)c2c1O. The first-order valence-electron chi connectivity index (χ1n) is 14.2. The van der Waals surface area contributed by atoms with E-state index in [-0.39, 0.29) is 44.9 Å². The van der Waals surface area contributed by atoms with Crippen LogP contribution in [0.4, 0.5) is 0 Å². The van der Waals surface area contributed by atoms with E-state index in [1.54, 1.807) is 53.7 Å². The molecule has 0 heterocycles. The lowest BCUT2D eigenvalue weighted by molar-refractivity contribution is 0.111. The molecule has 4 aromatic rings. The second-order valence-electron chi connectivity index (χ2n) is 11.1. The lowest BCUT2D eigenvalue weighted by Gasteiger charge is -2.23. The first kappa shape index (κ1) is 33.0. The maximum atomic E-state index is 12.0. The van der Waals surface area contributed by atoms with Crippen molar-refractivity contribution in [3.8, 4) is 45.6 Å². The number of aldehydes is 2. The molecule has 0 bridgehead atoms. The van der Waals surface area contributed by atoms with Crippen molar-refractivity contribution >= 4 is 34.1 Å². The summed E-state index contributed by atoms with van der Waals surface area (Å²) >= 11 is 0. The summed E-state index contributed by atoms with van der Waals surface area (Å²) in [4.78, 5) is 24.0. The second-order valence-corrected chi connectivity index (χ2v) is 11.1. The number of carbonyl (C=O) groups excluding carboxylic acids is 2. The number of hydrogen-bond donors (Lipinski definition) is 6. The third-order valence-corrected chi connectivity index (χ3v) is 7.63. The van der Waals surface area contributed by atoms with Gasteiger partial charge in [0, 0.05) is 46.2 Å². The van der Waals surface area contributed by atoms with E-state index in [0.717, 1.165) is 13.2 Å². The van der Waals surface area contributed by atoms with E-state index in [1.807, 2.05) is 13.8 Å². The maximum absolute atomic E-state index is 12.0. The summed E-state index contributed by atoms with van der Waals surface area (Å²) in [7, 11) is 0. The van der Waals surface area contributed by atoms with E-state index in [4.69, 9.17) is 4.74 Å². The Balaban J connectivity index is 0.000000934. The summed E-state index contributed by atoms with van der Waals surface area (Å²) in [6.45, 7) is 16.2. The zero-order valence-corrected chi connectivity index (χ0v) is 25.8. The third-order valence-electron chi connectivity index (χ3n) is 7.63. The first-order valence-corrected chi connectivity index (χ1v) is 14.2. The molecule has 4 aromatic carbocycles. The van der Waals surface area contributed by atoms with Gasteiger partial charge >= 0.3 is 0 Å². The van der Waals surface area contributed by atoms with E-state index >= 15 is 0 Å². The van der Waals surface area contributed by atoms with Gasteiger partial charge in [0.05, 0.1) is 11.1 Å². The molecule has 0 saturated heterocycles. The van der Waals surface area contributed by atoms with Crippen LogP contribution in [0.1, 0.15) is 96.3 Å². The lowest BCUT2D eigenvalue weighted by atomic mass is 9.83. The molecule has 0 radical (unpaired) electrons. The normalized spacial score (nSPS) is 11.3. The Labute approximate surface area is 250 Å². The summed E-state index contributed by atoms with van der Waals surface area (Å²) in [6, 6.07) is 3.31. The number of benzene rings is 4. The predicted octanol–water partition coefficient (Wildman–Crippen LogP) is 7.43. The van der Waals surface area contributed by atoms with E-state index in [9.17, 15) is 40.2 Å². The lowest BCUT2D eigenvalue weighted by Crippen LogP contribution is -2.01. The Morgan fingerprint density at radius 1 is 0.605 bits per heavy atom. The summed E-state index contributed by atoms with van der Waals surface area (Å²) in [6.07, 6.45) is 0.682. The monoisotopic (exact) mass is 592 g/mol. The maximum Gasteiger partial charge on any atom is 0.169 e. The van der Waals surface area contributed by atoms with Gasteiger partial charge in [0.1, 0.15) is 11.5 Å². The van der Waals surface area contributed by atoms with Crippen molar-refractivity contribution < 1.29 is 45.0 Å². The Kier molecular flexibility index (Phi) is 9.82. The molecule has 0 aliphatic carbocycles. The molecular formula is C34H40O9. The Morgan fingerprint density at radius 2 is 0.930 bits per heavy atom. The molecule has 9 nitrogen and oxygen atoms in total. The fourth-order valence-corrected chi connectivity index (χ4v) is 5.81. The van der Waals surface area contributed by atoms with Crippen molar-refractivity contribution in [2.24, 2.45) is 0 Å². The van der Waals surface area contributed by atoms with Crippen LogP contribution in [-0.4, -0.2) is 56.4 Å². The van der Waals surface area contributed by atoms with E-state index < -0.39 is 34.5 Å². The molecule has 0 saturated carbocycles. The Morgan fingerprint density at radius 3 is 1.16 bits per heavy atom. The molecule has 43 heavy (non-hydrogen) atoms. The van der Waals surface area contributed by atoms with Crippen molar-refractivity contribution in [2.75, 3.05) is 13.2 Å². The van der Waals surface area contributed by atoms with Gasteiger partial charge in [-0.2, -0.15) is 0 Å². The van der Waals surface area contributed by atoms with E-state index in [0.29, 0.717) is 45.6 Å². The van der Waals surface area contributed by atoms with Gasteiger partial charge in [0.2, 0.25) is 0 Å². The van der Waals surface area contributed by atoms with Crippen molar-refractivity contribution in [3.63, 3.8) is 0 Å². The summed E-state index contributed by atoms with van der Waals surface area (Å²) in [5.74, 6) is -3.57. The quantitative estimate of drug-likeness (QED) is 0.0945. The highest BCUT2D eigenvalue weighted by Crippen LogP contribution is 2.54. The summed E-state index contributed by atoms with van der Waals surface area (Å²) in [5, 5.41) is 66.4. The average molecular weight is 593 g/mol. The van der Waals surface area contributed by atoms with Crippen LogP contribution in [0.2, 0.25) is 0 Å². The molecule has 0 aliphatic heterocycles. The largest absolute Gasteiger partial charge is 0.507 e. The topological polar surface area (TPSA) is 165 Å². The van der Waals surface area contributed by atoms with Crippen LogP contribution in [0.15, 0.2) is 12.1 Å². The second kappa shape index (κ2) is 12.8. The average Bonchev–Trinajstić information content (AvgIpc) is 2.93. The minimum absolute atomic E-state index is 0.00512. The number of aromatic hydroxyl groups is 6. The summed E-state index contributed by atoms with van der Waals surface area (Å²) in [5.41, 5.74) is 1.33. The van der Waals surface area contributed by atoms with E-state index in [1.165, 1.54) is 0 Å². The van der Waals surface area contributed by atoms with Gasteiger partial charge in [0.15, 0.2) is 35.6 Å². The molecule has 6 N–H and O–H groups in total. The fraction of sp³-hybridized carbons (Fsp3) is 0.353. The molecule has 0 aliphatic rings. The van der Waals surface area contributed by atoms with Crippen LogP contribution in [0.3, 0.4) is 0 Å². The van der Waals surface area contributed by atoms with Crippen LogP contribution in [-0.2, 0) is 4.74 Å². The van der Waals surface area contributed by atoms with Crippen LogP contribution >= 0.6 is 0 Å². The van der Waals surface area contributed by atoms with Crippen molar-refractivity contribution in [1.82, 2.24) is 0 Å². The molecular weight excluding hydrogens is 552 g/mol. The van der Waals surface area contributed by atoms with Gasteiger partial charge in [-0.1, -0.05) is 39.8 Å². The zero-order chi connectivity index (χ0) is 32.5. The fourth-order valence-electron chi connectivity index (χ4n) is 5.81. The van der Waals surface area contributed by atoms with Gasteiger partial charge in [0.25, 0.3) is 0 Å². The van der Waals surface area contributed by atoms with Gasteiger partial charge in [-0.15, -0.1) is 0 Å². The smallest absolute Gasteiger partial charge is 0.169 e. The number of fused-ring (bicyclic) bond motifs is 2. The molecule has 0 unspecified atom stereocenters. The molecule has 9 heteroatoms. The van der Waals surface area contributed by atoms with Crippen molar-refractivity contribution in [3.05, 3.63) is 45.5 Å². The molecule has 0 fully saturated rings. The number of aryl methyl sites for hydroxylation is 2. The van der Waals surface area contributed by atoms with Crippen LogP contribution in [0, 0.1) is 13.8 Å². The first-order chi connectivity index (χ1) is 20.2. The van der Waals surface area contributed by atoms with E-state index in [2.05, 4.69) is 0 Å². The number of ether oxygens (including phenoxy) is 1. The highest BCUT2D eigenvalue weighted by atomic mass is 16.5. The summed E-state index contributed by atoms with van der Waals surface area (Å²) < 4.78 is 4.83. The molecule has 230 valence electrons. The van der Waals surface area contributed by atoms with Crippen LogP contribution in [0.25, 0.3) is 32.7 Å². The number of phenolic OH excluding ortho intramolecular Hbond substituents is 6. The van der Waals surface area contributed by atoms with Gasteiger partial charge in [-0.05, 0) is 61.4 Å². The highest BCUT2D eigenvalue weighted by molar-refractivity contribution is 6.14. The predicted molar refractivity (Wildman–Crippen MR) is 167 cm³/mol. The molecule has 4 rings (SSSR count). The highest BCUT2D eigenvalue weighted by Gasteiger charge is 2.29. The molecule has 0 amide bonds. The third kappa shape index (κ3) is 5.41. The standard InChI is InChI=1S/C30H30O8.C4H10O/c1-11(2)19-15-7-13(5)21(27(35)23(15)17(9-31)25(33)29(19)37)22-14(6)8-16-20(12(3)4)30(38)26(34)18(10-32)24(16)28(22)36;1-3-5-4-2/h7-12,33-38H,1-6H3;3-4H2,1-2H3. The van der Waals surface area contributed by atoms with Gasteiger partial charge in [-0.25, -0.2) is 0 Å². The van der Waals surface area contributed by atoms with Gasteiger partial charge < -0.3 is 35.4 Å². The number of rotatable bonds is 7. The molecule has 0 atom stereocenters. The number of phenols is 6. The Hall–Kier alpha value is -4.50. The number of hydrogen-bond acceptors (Lipinski definition) is 9. The van der Waals surface area contributed by atoms with Crippen LogP contribution < -0.4 is 0 Å².